The minimum absolute atomic E-state index is 0.518. The Morgan fingerprint density at radius 1 is 1.23 bits per heavy atom. The second-order valence-corrected chi connectivity index (χ2v) is 5.69. The van der Waals surface area contributed by atoms with Crippen molar-refractivity contribution in [3.05, 3.63) is 10.1 Å². The molecule has 0 aliphatic carbocycles. The van der Waals surface area contributed by atoms with Crippen LogP contribution in [0.25, 0.3) is 0 Å². The highest BCUT2D eigenvalue weighted by Gasteiger charge is 2.36. The van der Waals surface area contributed by atoms with E-state index in [0.29, 0.717) is 6.26 Å². The lowest BCUT2D eigenvalue weighted by Crippen LogP contribution is -2.21. The summed E-state index contributed by atoms with van der Waals surface area (Å²) >= 11 is 0. The fraction of sp³-hybridized carbons (Fsp3) is 0. The van der Waals surface area contributed by atoms with Crippen LogP contribution >= 0.6 is 0 Å². The van der Waals surface area contributed by atoms with Gasteiger partial charge in [-0.3, -0.25) is 4.18 Å². The van der Waals surface area contributed by atoms with Crippen LogP contribution < -0.4 is 0 Å². The Kier molecular flexibility index (Phi) is 2.99. The molecule has 0 aromatic rings. The summed E-state index contributed by atoms with van der Waals surface area (Å²) < 4.78 is 47.1. The van der Waals surface area contributed by atoms with Crippen LogP contribution in [0.3, 0.4) is 0 Å². The van der Waals surface area contributed by atoms with Gasteiger partial charge in [-0.25, -0.2) is 0 Å². The zero-order valence-corrected chi connectivity index (χ0v) is 7.11. The molecule has 0 N–H and O–H groups in total. The van der Waals surface area contributed by atoms with E-state index in [-0.39, 0.29) is 0 Å². The zero-order chi connectivity index (χ0) is 10.7. The minimum Gasteiger partial charge on any atom is -0.289 e. The van der Waals surface area contributed by atoms with Gasteiger partial charge in [0.15, 0.2) is 0 Å². The van der Waals surface area contributed by atoms with E-state index in [1.807, 2.05) is 0 Å². The Morgan fingerprint density at radius 3 is 2.00 bits per heavy atom. The third-order valence-electron chi connectivity index (χ3n) is 0.541. The summed E-state index contributed by atoms with van der Waals surface area (Å²) in [6, 6.07) is 0. The summed E-state index contributed by atoms with van der Waals surface area (Å²) in [4.78, 5) is 9.47. The van der Waals surface area contributed by atoms with Crippen molar-refractivity contribution in [2.75, 3.05) is 0 Å². The normalized spacial score (nSPS) is 11.3. The van der Waals surface area contributed by atoms with Crippen molar-refractivity contribution in [1.82, 2.24) is 0 Å². The molecule has 0 heterocycles. The van der Waals surface area contributed by atoms with E-state index in [1.165, 1.54) is 0 Å². The van der Waals surface area contributed by atoms with E-state index in [1.54, 1.807) is 0 Å². The standard InChI is InChI=1S/CN2O8S2/c2-1-10-12(6,7)13(8,9)11-3(4)5. The van der Waals surface area contributed by atoms with Gasteiger partial charge in [0, 0.05) is 0 Å². The highest BCUT2D eigenvalue weighted by molar-refractivity contribution is 8.63. The summed E-state index contributed by atoms with van der Waals surface area (Å²) in [5, 5.41) is 15.3. The monoisotopic (exact) mass is 232 g/mol. The first-order chi connectivity index (χ1) is 5.73. The first-order valence-electron chi connectivity index (χ1n) is 2.14. The van der Waals surface area contributed by atoms with Crippen LogP contribution in [-0.4, -0.2) is 21.9 Å². The third kappa shape index (κ3) is 2.72. The van der Waals surface area contributed by atoms with Gasteiger partial charge in [-0.1, -0.05) is 0 Å². The van der Waals surface area contributed by atoms with Crippen molar-refractivity contribution in [2.24, 2.45) is 0 Å². The molecule has 12 heteroatoms. The summed E-state index contributed by atoms with van der Waals surface area (Å²) in [6.07, 6.45) is 0.518. The largest absolute Gasteiger partial charge is 0.452 e. The molecule has 0 saturated carbocycles. The molecule has 0 unspecified atom stereocenters. The van der Waals surface area contributed by atoms with Gasteiger partial charge in [0.25, 0.3) is 0 Å². The molecule has 0 saturated heterocycles. The van der Waals surface area contributed by atoms with Crippen LogP contribution in [0.15, 0.2) is 0 Å². The van der Waals surface area contributed by atoms with E-state index >= 15 is 0 Å². The van der Waals surface area contributed by atoms with Gasteiger partial charge < -0.3 is 0 Å². The van der Waals surface area contributed by atoms with Crippen molar-refractivity contribution in [3.8, 4) is 6.26 Å². The van der Waals surface area contributed by atoms with Gasteiger partial charge in [0.1, 0.15) is 0 Å². The highest BCUT2D eigenvalue weighted by atomic mass is 33.2. The maximum absolute atomic E-state index is 10.3. The average Bonchev–Trinajstić information content (AvgIpc) is 1.82. The maximum Gasteiger partial charge on any atom is 0.452 e. The second-order valence-electron chi connectivity index (χ2n) is 1.29. The highest BCUT2D eigenvalue weighted by Crippen LogP contribution is 2.06. The quantitative estimate of drug-likeness (QED) is 0.238. The minimum atomic E-state index is -5.59. The van der Waals surface area contributed by atoms with Crippen molar-refractivity contribution in [1.29, 1.82) is 5.26 Å². The Morgan fingerprint density at radius 2 is 1.69 bits per heavy atom. The average molecular weight is 232 g/mol. The lowest BCUT2D eigenvalue weighted by Gasteiger charge is -1.97. The van der Waals surface area contributed by atoms with Crippen LogP contribution in [0.5, 0.6) is 0 Å². The molecule has 13 heavy (non-hydrogen) atoms. The number of rotatable bonds is 4. The Labute approximate surface area is 71.0 Å². The molecule has 0 rings (SSSR count). The lowest BCUT2D eigenvalue weighted by molar-refractivity contribution is -0.710. The number of hydrogen-bond acceptors (Lipinski definition) is 9. The summed E-state index contributed by atoms with van der Waals surface area (Å²) in [7, 11) is -11.1. The lowest BCUT2D eigenvalue weighted by atomic mass is 11.6. The molecule has 0 aliphatic rings. The molecule has 0 atom stereocenters. The molecule has 0 fully saturated rings. The second kappa shape index (κ2) is 3.41. The Balaban J connectivity index is 5.10. The molecule has 0 spiro atoms. The number of nitrogens with zero attached hydrogens (tertiary/aromatic N) is 2. The van der Waals surface area contributed by atoms with E-state index in [0.717, 1.165) is 0 Å². The zero-order valence-electron chi connectivity index (χ0n) is 5.48. The molecule has 0 aromatic carbocycles. The van der Waals surface area contributed by atoms with Crippen LogP contribution in [0.1, 0.15) is 0 Å². The predicted octanol–water partition coefficient (Wildman–Crippen LogP) is -1.73. The fourth-order valence-corrected chi connectivity index (χ4v) is 1.31. The van der Waals surface area contributed by atoms with Crippen LogP contribution in [0, 0.1) is 21.6 Å². The van der Waals surface area contributed by atoms with E-state index in [2.05, 4.69) is 8.47 Å². The van der Waals surface area contributed by atoms with Crippen LogP contribution in [0.4, 0.5) is 0 Å². The summed E-state index contributed by atoms with van der Waals surface area (Å²) in [5.74, 6) is 0. The topological polar surface area (TPSA) is 154 Å². The first-order valence-corrected chi connectivity index (χ1v) is 5.48. The molecule has 0 amide bonds. The van der Waals surface area contributed by atoms with Gasteiger partial charge in [0.05, 0.1) is 0 Å². The molecule has 74 valence electrons. The van der Waals surface area contributed by atoms with Crippen molar-refractivity contribution >= 4 is 18.3 Å². The summed E-state index contributed by atoms with van der Waals surface area (Å²) in [6.45, 7) is 0. The predicted molar refractivity (Wildman–Crippen MR) is 32.6 cm³/mol. The van der Waals surface area contributed by atoms with Crippen molar-refractivity contribution < 1.29 is 30.4 Å². The number of hydrogen-bond donors (Lipinski definition) is 0. The van der Waals surface area contributed by atoms with Crippen LogP contribution in [-0.2, 0) is 26.8 Å². The van der Waals surface area contributed by atoms with Gasteiger partial charge in [-0.15, -0.1) is 15.4 Å². The fourth-order valence-electron chi connectivity index (χ4n) is 0.199. The molecule has 0 aromatic heterocycles. The molecule has 0 aliphatic heterocycles. The molecular weight excluding hydrogens is 232 g/mol. The Hall–Kier alpha value is -1.61. The van der Waals surface area contributed by atoms with E-state index in [9.17, 15) is 26.9 Å². The molecule has 0 bridgehead atoms. The molecular formula is CN2O8S2. The maximum atomic E-state index is 10.3. The van der Waals surface area contributed by atoms with Gasteiger partial charge in [0.2, 0.25) is 0 Å². The smallest absolute Gasteiger partial charge is 0.289 e. The molecule has 10 nitrogen and oxygen atoms in total. The van der Waals surface area contributed by atoms with Gasteiger partial charge in [-0.05, 0) is 0 Å². The van der Waals surface area contributed by atoms with Gasteiger partial charge >= 0.3 is 29.6 Å². The molecule has 0 radical (unpaired) electrons. The SMILES string of the molecule is N#COS(=O)(=O)S(=O)(=O)O[N+](=O)[O-]. The van der Waals surface area contributed by atoms with Crippen molar-refractivity contribution in [3.63, 3.8) is 0 Å². The van der Waals surface area contributed by atoms with Gasteiger partial charge in [-0.2, -0.15) is 21.1 Å². The first kappa shape index (κ1) is 11.4. The number of nitriles is 1. The summed E-state index contributed by atoms with van der Waals surface area (Å²) in [5.41, 5.74) is 0. The third-order valence-corrected chi connectivity index (χ3v) is 3.51. The Bertz CT molecular complexity index is 435. The van der Waals surface area contributed by atoms with Crippen LogP contribution in [0.2, 0.25) is 0 Å². The van der Waals surface area contributed by atoms with E-state index < -0.39 is 23.4 Å². The van der Waals surface area contributed by atoms with E-state index in [4.69, 9.17) is 5.26 Å². The van der Waals surface area contributed by atoms with Crippen molar-refractivity contribution in [2.45, 2.75) is 0 Å².